The minimum Gasteiger partial charge on any atom is -0.273 e. The number of thioether (sulfide) groups is 1. The highest BCUT2D eigenvalue weighted by Gasteiger charge is 2.17. The normalized spacial score (nSPS) is 11.4. The summed E-state index contributed by atoms with van der Waals surface area (Å²) in [4.78, 5) is 16.5. The number of benzene rings is 2. The number of rotatable bonds is 5. The average molecular weight is 372 g/mol. The van der Waals surface area contributed by atoms with Gasteiger partial charge in [0, 0.05) is 5.39 Å². The SMILES string of the molecule is Cc1ccc(S(=O)(=O)NC(=O)CSc2ccc3ccccc3n2)cc1. The van der Waals surface area contributed by atoms with Crippen molar-refractivity contribution in [1.29, 1.82) is 0 Å². The molecule has 3 rings (SSSR count). The topological polar surface area (TPSA) is 76.1 Å². The number of pyridine rings is 1. The van der Waals surface area contributed by atoms with Crippen molar-refractivity contribution in [3.05, 3.63) is 66.2 Å². The van der Waals surface area contributed by atoms with Gasteiger partial charge in [-0.05, 0) is 31.2 Å². The molecule has 0 spiro atoms. The predicted molar refractivity (Wildman–Crippen MR) is 99.0 cm³/mol. The maximum Gasteiger partial charge on any atom is 0.264 e. The second kappa shape index (κ2) is 7.25. The van der Waals surface area contributed by atoms with Crippen LogP contribution in [0, 0.1) is 6.92 Å². The van der Waals surface area contributed by atoms with Gasteiger partial charge in [0.2, 0.25) is 5.91 Å². The third-order valence-corrected chi connectivity index (χ3v) is 5.82. The van der Waals surface area contributed by atoms with Crippen LogP contribution in [0.4, 0.5) is 0 Å². The van der Waals surface area contributed by atoms with Gasteiger partial charge < -0.3 is 0 Å². The first-order valence-electron chi connectivity index (χ1n) is 7.55. The molecule has 0 radical (unpaired) electrons. The summed E-state index contributed by atoms with van der Waals surface area (Å²) < 4.78 is 26.5. The summed E-state index contributed by atoms with van der Waals surface area (Å²) in [5.74, 6) is -0.614. The molecule has 25 heavy (non-hydrogen) atoms. The van der Waals surface area contributed by atoms with Gasteiger partial charge in [-0.15, -0.1) is 0 Å². The van der Waals surface area contributed by atoms with Crippen molar-refractivity contribution in [2.24, 2.45) is 0 Å². The van der Waals surface area contributed by atoms with E-state index in [1.807, 2.05) is 43.3 Å². The van der Waals surface area contributed by atoms with Gasteiger partial charge >= 0.3 is 0 Å². The molecule has 0 bridgehead atoms. The number of nitrogens with one attached hydrogen (secondary N) is 1. The third kappa shape index (κ3) is 4.37. The average Bonchev–Trinajstić information content (AvgIpc) is 2.60. The van der Waals surface area contributed by atoms with Crippen LogP contribution in [0.3, 0.4) is 0 Å². The Morgan fingerprint density at radius 2 is 1.76 bits per heavy atom. The zero-order chi connectivity index (χ0) is 17.9. The fraction of sp³-hybridized carbons (Fsp3) is 0.111. The molecule has 0 aliphatic heterocycles. The van der Waals surface area contributed by atoms with E-state index in [1.165, 1.54) is 23.9 Å². The highest BCUT2D eigenvalue weighted by atomic mass is 32.2. The van der Waals surface area contributed by atoms with Crippen molar-refractivity contribution in [3.8, 4) is 0 Å². The molecule has 1 heterocycles. The Balaban J connectivity index is 1.64. The second-order valence-corrected chi connectivity index (χ2v) is 8.15. The zero-order valence-electron chi connectivity index (χ0n) is 13.5. The molecule has 0 saturated heterocycles. The van der Waals surface area contributed by atoms with Crippen molar-refractivity contribution < 1.29 is 13.2 Å². The molecular weight excluding hydrogens is 356 g/mol. The summed E-state index contributed by atoms with van der Waals surface area (Å²) in [6.07, 6.45) is 0. The van der Waals surface area contributed by atoms with E-state index in [-0.39, 0.29) is 10.6 Å². The van der Waals surface area contributed by atoms with E-state index >= 15 is 0 Å². The van der Waals surface area contributed by atoms with Crippen molar-refractivity contribution in [2.45, 2.75) is 16.8 Å². The number of carbonyl (C=O) groups is 1. The van der Waals surface area contributed by atoms with Crippen LogP contribution in [0.2, 0.25) is 0 Å². The highest BCUT2D eigenvalue weighted by molar-refractivity contribution is 8.00. The first-order chi connectivity index (χ1) is 11.9. The Morgan fingerprint density at radius 1 is 1.04 bits per heavy atom. The first-order valence-corrected chi connectivity index (χ1v) is 10.0. The van der Waals surface area contributed by atoms with Crippen LogP contribution in [-0.2, 0) is 14.8 Å². The van der Waals surface area contributed by atoms with Gasteiger partial charge in [-0.1, -0.05) is 53.7 Å². The van der Waals surface area contributed by atoms with Gasteiger partial charge in [-0.25, -0.2) is 18.1 Å². The van der Waals surface area contributed by atoms with Crippen molar-refractivity contribution in [2.75, 3.05) is 5.75 Å². The van der Waals surface area contributed by atoms with Crippen molar-refractivity contribution in [3.63, 3.8) is 0 Å². The number of carbonyl (C=O) groups excluding carboxylic acids is 1. The van der Waals surface area contributed by atoms with E-state index in [0.29, 0.717) is 5.03 Å². The smallest absolute Gasteiger partial charge is 0.264 e. The maximum atomic E-state index is 12.2. The number of para-hydroxylation sites is 1. The summed E-state index contributed by atoms with van der Waals surface area (Å²) in [7, 11) is -3.85. The fourth-order valence-electron chi connectivity index (χ4n) is 2.22. The molecule has 0 unspecified atom stereocenters. The van der Waals surface area contributed by atoms with E-state index in [0.717, 1.165) is 16.5 Å². The van der Waals surface area contributed by atoms with E-state index in [9.17, 15) is 13.2 Å². The second-order valence-electron chi connectivity index (χ2n) is 5.47. The molecule has 1 amide bonds. The number of hydrogen-bond donors (Lipinski definition) is 1. The van der Waals surface area contributed by atoms with E-state index in [4.69, 9.17) is 0 Å². The lowest BCUT2D eigenvalue weighted by Crippen LogP contribution is -2.31. The molecule has 1 aromatic heterocycles. The van der Waals surface area contributed by atoms with Gasteiger partial charge in [0.05, 0.1) is 21.2 Å². The van der Waals surface area contributed by atoms with Gasteiger partial charge in [0.25, 0.3) is 10.0 Å². The quantitative estimate of drug-likeness (QED) is 0.696. The summed E-state index contributed by atoms with van der Waals surface area (Å²) >= 11 is 1.19. The van der Waals surface area contributed by atoms with Crippen LogP contribution in [0.5, 0.6) is 0 Å². The molecule has 5 nitrogen and oxygen atoms in total. The van der Waals surface area contributed by atoms with E-state index in [1.54, 1.807) is 12.1 Å². The minimum atomic E-state index is -3.85. The molecule has 0 atom stereocenters. The van der Waals surface area contributed by atoms with Crippen LogP contribution in [0.25, 0.3) is 10.9 Å². The number of aromatic nitrogens is 1. The highest BCUT2D eigenvalue weighted by Crippen LogP contribution is 2.20. The Morgan fingerprint density at radius 3 is 2.52 bits per heavy atom. The molecular formula is C18H16N2O3S2. The van der Waals surface area contributed by atoms with Crippen LogP contribution < -0.4 is 4.72 Å². The third-order valence-electron chi connectivity index (χ3n) is 3.50. The van der Waals surface area contributed by atoms with E-state index < -0.39 is 15.9 Å². The van der Waals surface area contributed by atoms with E-state index in [2.05, 4.69) is 9.71 Å². The molecule has 0 aliphatic rings. The van der Waals surface area contributed by atoms with Gasteiger partial charge in [-0.3, -0.25) is 4.79 Å². The lowest BCUT2D eigenvalue weighted by molar-refractivity contribution is -0.116. The zero-order valence-corrected chi connectivity index (χ0v) is 15.1. The maximum absolute atomic E-state index is 12.2. The van der Waals surface area contributed by atoms with Crippen LogP contribution >= 0.6 is 11.8 Å². The largest absolute Gasteiger partial charge is 0.273 e. The molecule has 1 N–H and O–H groups in total. The molecule has 7 heteroatoms. The standard InChI is InChI=1S/C18H16N2O3S2/c1-13-6-9-15(10-7-13)25(22,23)20-17(21)12-24-18-11-8-14-4-2-3-5-16(14)19-18/h2-11H,12H2,1H3,(H,20,21). The minimum absolute atomic E-state index is 0.0313. The van der Waals surface area contributed by atoms with Crippen LogP contribution in [0.1, 0.15) is 5.56 Å². The van der Waals surface area contributed by atoms with Crippen LogP contribution in [-0.4, -0.2) is 25.1 Å². The lowest BCUT2D eigenvalue weighted by atomic mass is 10.2. The Bertz CT molecular complexity index is 1020. The molecule has 0 fully saturated rings. The lowest BCUT2D eigenvalue weighted by Gasteiger charge is -2.07. The summed E-state index contributed by atoms with van der Waals surface area (Å²) in [5.41, 5.74) is 1.78. The molecule has 2 aromatic carbocycles. The number of hydrogen-bond acceptors (Lipinski definition) is 5. The first kappa shape index (κ1) is 17.4. The number of fused-ring (bicyclic) bond motifs is 1. The molecule has 0 aliphatic carbocycles. The predicted octanol–water partition coefficient (Wildman–Crippen LogP) is 3.14. The Kier molecular flexibility index (Phi) is 5.06. The Hall–Kier alpha value is -2.38. The summed E-state index contributed by atoms with van der Waals surface area (Å²) in [6.45, 7) is 1.86. The van der Waals surface area contributed by atoms with Gasteiger partial charge in [-0.2, -0.15) is 0 Å². The number of nitrogens with zero attached hydrogens (tertiary/aromatic N) is 1. The van der Waals surface area contributed by atoms with Gasteiger partial charge in [0.1, 0.15) is 0 Å². The monoisotopic (exact) mass is 372 g/mol. The summed E-state index contributed by atoms with van der Waals surface area (Å²) in [6, 6.07) is 17.7. The van der Waals surface area contributed by atoms with Gasteiger partial charge in [0.15, 0.2) is 0 Å². The van der Waals surface area contributed by atoms with Crippen molar-refractivity contribution in [1.82, 2.24) is 9.71 Å². The summed E-state index contributed by atoms with van der Waals surface area (Å²) in [5, 5.41) is 1.68. The number of amides is 1. The molecule has 128 valence electrons. The molecule has 0 saturated carbocycles. The molecule has 3 aromatic rings. The number of sulfonamides is 1. The van der Waals surface area contributed by atoms with Crippen LogP contribution in [0.15, 0.2) is 70.6 Å². The van der Waals surface area contributed by atoms with Crippen molar-refractivity contribution >= 4 is 38.6 Å². The number of aryl methyl sites for hydroxylation is 1. The fourth-order valence-corrected chi connectivity index (χ4v) is 3.98. The Labute approximate surface area is 150 Å².